The fourth-order valence-electron chi connectivity index (χ4n) is 1.36. The van der Waals surface area contributed by atoms with Crippen LogP contribution < -0.4 is 5.32 Å². The van der Waals surface area contributed by atoms with E-state index in [0.717, 1.165) is 25.0 Å². The highest BCUT2D eigenvalue weighted by atomic mass is 15.3. The summed E-state index contributed by atoms with van der Waals surface area (Å²) >= 11 is 0. The minimum atomic E-state index is 0.816. The molecule has 0 spiro atoms. The quantitative estimate of drug-likeness (QED) is 0.416. The lowest BCUT2D eigenvalue weighted by molar-refractivity contribution is 0.536. The van der Waals surface area contributed by atoms with Crippen molar-refractivity contribution in [3.63, 3.8) is 0 Å². The molecule has 0 rings (SSSR count). The number of aliphatic imine (C=N–C) groups is 1. The molecule has 0 bridgehead atoms. The van der Waals surface area contributed by atoms with E-state index in [1.54, 1.807) is 0 Å². The Bertz CT molecular complexity index is 174. The van der Waals surface area contributed by atoms with Crippen LogP contribution in [0, 0.1) is 5.92 Å². The summed E-state index contributed by atoms with van der Waals surface area (Å²) in [5.41, 5.74) is 0. The van der Waals surface area contributed by atoms with E-state index in [0.29, 0.717) is 0 Å². The number of hydrogen-bond donors (Lipinski definition) is 1. The van der Waals surface area contributed by atoms with Gasteiger partial charge in [0.1, 0.15) is 0 Å². The molecule has 0 heterocycles. The van der Waals surface area contributed by atoms with Crippen LogP contribution in [0.5, 0.6) is 0 Å². The second-order valence-electron chi connectivity index (χ2n) is 4.52. The van der Waals surface area contributed by atoms with E-state index in [4.69, 9.17) is 0 Å². The van der Waals surface area contributed by atoms with Crippen molar-refractivity contribution in [1.29, 1.82) is 0 Å². The van der Waals surface area contributed by atoms with Gasteiger partial charge >= 0.3 is 0 Å². The van der Waals surface area contributed by atoms with E-state index in [1.807, 2.05) is 19.0 Å². The summed E-state index contributed by atoms with van der Waals surface area (Å²) in [6.45, 7) is 8.51. The SMILES string of the molecule is CCNC(=NCCCCC(C)C)N(C)C. The lowest BCUT2D eigenvalue weighted by Gasteiger charge is -2.16. The predicted octanol–water partition coefficient (Wildman–Crippen LogP) is 2.34. The molecule has 0 aliphatic carbocycles. The van der Waals surface area contributed by atoms with Gasteiger partial charge in [-0.3, -0.25) is 4.99 Å². The average molecular weight is 213 g/mol. The normalized spacial score (nSPS) is 12.0. The Morgan fingerprint density at radius 2 is 1.93 bits per heavy atom. The molecule has 1 N–H and O–H groups in total. The maximum absolute atomic E-state index is 4.54. The van der Waals surface area contributed by atoms with Gasteiger partial charge in [-0.15, -0.1) is 0 Å². The van der Waals surface area contributed by atoms with Crippen LogP contribution in [0.1, 0.15) is 40.0 Å². The molecule has 0 aliphatic rings. The van der Waals surface area contributed by atoms with Crippen LogP contribution in [0.25, 0.3) is 0 Å². The van der Waals surface area contributed by atoms with E-state index in [2.05, 4.69) is 31.1 Å². The van der Waals surface area contributed by atoms with E-state index in [-0.39, 0.29) is 0 Å². The highest BCUT2D eigenvalue weighted by Gasteiger charge is 1.98. The van der Waals surface area contributed by atoms with Crippen LogP contribution in [-0.2, 0) is 0 Å². The van der Waals surface area contributed by atoms with Crippen LogP contribution in [0.2, 0.25) is 0 Å². The number of hydrogen-bond acceptors (Lipinski definition) is 1. The summed E-state index contributed by atoms with van der Waals surface area (Å²) < 4.78 is 0. The number of nitrogens with zero attached hydrogens (tertiary/aromatic N) is 2. The van der Waals surface area contributed by atoms with Gasteiger partial charge in [-0.1, -0.05) is 26.7 Å². The summed E-state index contributed by atoms with van der Waals surface area (Å²) in [4.78, 5) is 6.57. The zero-order chi connectivity index (χ0) is 11.7. The van der Waals surface area contributed by atoms with E-state index in [9.17, 15) is 0 Å². The third kappa shape index (κ3) is 8.28. The Morgan fingerprint density at radius 1 is 1.27 bits per heavy atom. The number of guanidine groups is 1. The molecule has 90 valence electrons. The second-order valence-corrected chi connectivity index (χ2v) is 4.52. The fraction of sp³-hybridized carbons (Fsp3) is 0.917. The maximum Gasteiger partial charge on any atom is 0.193 e. The third-order valence-corrected chi connectivity index (χ3v) is 2.21. The highest BCUT2D eigenvalue weighted by Crippen LogP contribution is 2.05. The zero-order valence-corrected chi connectivity index (χ0v) is 11.0. The molecule has 0 aromatic rings. The van der Waals surface area contributed by atoms with Crippen LogP contribution >= 0.6 is 0 Å². The molecule has 0 radical (unpaired) electrons. The summed E-state index contributed by atoms with van der Waals surface area (Å²) in [5.74, 6) is 1.82. The molecular weight excluding hydrogens is 186 g/mol. The standard InChI is InChI=1S/C12H27N3/c1-6-13-12(15(4)5)14-10-8-7-9-11(2)3/h11H,6-10H2,1-5H3,(H,13,14). The molecule has 15 heavy (non-hydrogen) atoms. The number of rotatable bonds is 6. The molecule has 0 aliphatic heterocycles. The first-order chi connectivity index (χ1) is 7.07. The molecule has 0 aromatic heterocycles. The molecular formula is C12H27N3. The molecule has 0 atom stereocenters. The molecule has 3 nitrogen and oxygen atoms in total. The minimum absolute atomic E-state index is 0.816. The lowest BCUT2D eigenvalue weighted by atomic mass is 10.1. The van der Waals surface area contributed by atoms with Gasteiger partial charge in [-0.2, -0.15) is 0 Å². The Hall–Kier alpha value is -0.730. The fourth-order valence-corrected chi connectivity index (χ4v) is 1.36. The first kappa shape index (κ1) is 14.3. The molecule has 0 amide bonds. The Balaban J connectivity index is 3.70. The first-order valence-corrected chi connectivity index (χ1v) is 6.03. The molecule has 0 saturated heterocycles. The van der Waals surface area contributed by atoms with E-state index >= 15 is 0 Å². The van der Waals surface area contributed by atoms with Crippen molar-refractivity contribution in [3.8, 4) is 0 Å². The Labute approximate surface area is 95.0 Å². The van der Waals surface area contributed by atoms with Crippen molar-refractivity contribution < 1.29 is 0 Å². The van der Waals surface area contributed by atoms with Gasteiger partial charge in [0.2, 0.25) is 0 Å². The second kappa shape index (κ2) is 8.57. The Kier molecular flexibility index (Phi) is 8.15. The molecule has 0 aromatic carbocycles. The van der Waals surface area contributed by atoms with Crippen molar-refractivity contribution >= 4 is 5.96 Å². The highest BCUT2D eigenvalue weighted by molar-refractivity contribution is 5.79. The maximum atomic E-state index is 4.54. The molecule has 0 unspecified atom stereocenters. The van der Waals surface area contributed by atoms with Gasteiger partial charge < -0.3 is 10.2 Å². The monoisotopic (exact) mass is 213 g/mol. The third-order valence-electron chi connectivity index (χ3n) is 2.21. The summed E-state index contributed by atoms with van der Waals surface area (Å²) in [6, 6.07) is 0. The van der Waals surface area contributed by atoms with Crippen molar-refractivity contribution in [2.45, 2.75) is 40.0 Å². The molecule has 0 saturated carbocycles. The van der Waals surface area contributed by atoms with Gasteiger partial charge in [0.25, 0.3) is 0 Å². The number of unbranched alkanes of at least 4 members (excludes halogenated alkanes) is 1. The summed E-state index contributed by atoms with van der Waals surface area (Å²) in [6.07, 6.45) is 3.79. The van der Waals surface area contributed by atoms with Crippen molar-refractivity contribution in [2.24, 2.45) is 10.9 Å². The van der Waals surface area contributed by atoms with Gasteiger partial charge in [0.15, 0.2) is 5.96 Å². The summed E-state index contributed by atoms with van der Waals surface area (Å²) in [5, 5.41) is 3.26. The van der Waals surface area contributed by atoms with Crippen molar-refractivity contribution in [2.75, 3.05) is 27.2 Å². The predicted molar refractivity (Wildman–Crippen MR) is 68.4 cm³/mol. The van der Waals surface area contributed by atoms with Crippen LogP contribution in [0.3, 0.4) is 0 Å². The molecule has 0 fully saturated rings. The van der Waals surface area contributed by atoms with E-state index < -0.39 is 0 Å². The topological polar surface area (TPSA) is 27.6 Å². The van der Waals surface area contributed by atoms with Crippen LogP contribution in [0.15, 0.2) is 4.99 Å². The van der Waals surface area contributed by atoms with Gasteiger partial charge in [-0.25, -0.2) is 0 Å². The minimum Gasteiger partial charge on any atom is -0.357 e. The van der Waals surface area contributed by atoms with Gasteiger partial charge in [0, 0.05) is 27.2 Å². The lowest BCUT2D eigenvalue weighted by Crippen LogP contribution is -2.36. The smallest absolute Gasteiger partial charge is 0.193 e. The first-order valence-electron chi connectivity index (χ1n) is 6.03. The molecule has 3 heteroatoms. The zero-order valence-electron chi connectivity index (χ0n) is 11.0. The number of nitrogens with one attached hydrogen (secondary N) is 1. The van der Waals surface area contributed by atoms with Crippen LogP contribution in [-0.4, -0.2) is 38.0 Å². The van der Waals surface area contributed by atoms with Crippen LogP contribution in [0.4, 0.5) is 0 Å². The Morgan fingerprint density at radius 3 is 2.40 bits per heavy atom. The van der Waals surface area contributed by atoms with E-state index in [1.165, 1.54) is 19.3 Å². The summed E-state index contributed by atoms with van der Waals surface area (Å²) in [7, 11) is 4.05. The largest absolute Gasteiger partial charge is 0.357 e. The van der Waals surface area contributed by atoms with Gasteiger partial charge in [-0.05, 0) is 19.3 Å². The average Bonchev–Trinajstić information content (AvgIpc) is 2.15. The van der Waals surface area contributed by atoms with Crippen molar-refractivity contribution in [3.05, 3.63) is 0 Å². The van der Waals surface area contributed by atoms with Crippen molar-refractivity contribution in [1.82, 2.24) is 10.2 Å². The van der Waals surface area contributed by atoms with Gasteiger partial charge in [0.05, 0.1) is 0 Å².